The van der Waals surface area contributed by atoms with Gasteiger partial charge < -0.3 is 5.32 Å². The summed E-state index contributed by atoms with van der Waals surface area (Å²) in [5.41, 5.74) is 4.73. The molecule has 2 aromatic heterocycles. The molecule has 1 aliphatic carbocycles. The predicted molar refractivity (Wildman–Crippen MR) is 105 cm³/mol. The Bertz CT molecular complexity index is 946. The summed E-state index contributed by atoms with van der Waals surface area (Å²) in [5, 5.41) is 7.49. The van der Waals surface area contributed by atoms with Crippen molar-refractivity contribution in [1.29, 1.82) is 0 Å². The molecule has 5 nitrogen and oxygen atoms in total. The van der Waals surface area contributed by atoms with Crippen molar-refractivity contribution in [1.82, 2.24) is 20.1 Å². The number of hydrogen-bond acceptors (Lipinski definition) is 3. The fourth-order valence-electron chi connectivity index (χ4n) is 2.70. The SMILES string of the molecule is Cc1ccc(C(=O)NC2CC2)cc1-c1cnn(-c2cncc(I)c2)c1. The minimum Gasteiger partial charge on any atom is -0.349 e. The van der Waals surface area contributed by atoms with Gasteiger partial charge in [0.15, 0.2) is 0 Å². The highest BCUT2D eigenvalue weighted by Gasteiger charge is 2.24. The number of carbonyl (C=O) groups excluding carboxylic acids is 1. The van der Waals surface area contributed by atoms with Crippen molar-refractivity contribution >= 4 is 28.5 Å². The first-order valence-corrected chi connectivity index (χ1v) is 9.25. The highest BCUT2D eigenvalue weighted by molar-refractivity contribution is 14.1. The standard InChI is InChI=1S/C19H17IN4O/c1-12-2-3-13(19(25)23-16-4-5-16)6-18(12)14-8-22-24(11-14)17-7-15(20)9-21-10-17/h2-3,6-11,16H,4-5H2,1H3,(H,23,25). The molecule has 0 bridgehead atoms. The minimum atomic E-state index is -0.00189. The number of aromatic nitrogens is 3. The highest BCUT2D eigenvalue weighted by Crippen LogP contribution is 2.26. The molecule has 1 fully saturated rings. The predicted octanol–water partition coefficient (Wildman–Crippen LogP) is 3.74. The van der Waals surface area contributed by atoms with Crippen molar-refractivity contribution in [3.63, 3.8) is 0 Å². The highest BCUT2D eigenvalue weighted by atomic mass is 127. The third kappa shape index (κ3) is 3.58. The second-order valence-corrected chi connectivity index (χ2v) is 7.56. The lowest BCUT2D eigenvalue weighted by Gasteiger charge is -2.08. The molecule has 1 N–H and O–H groups in total. The zero-order valence-electron chi connectivity index (χ0n) is 13.7. The van der Waals surface area contributed by atoms with Crippen LogP contribution in [0.25, 0.3) is 16.8 Å². The van der Waals surface area contributed by atoms with Crippen molar-refractivity contribution in [3.05, 3.63) is 63.7 Å². The molecule has 25 heavy (non-hydrogen) atoms. The van der Waals surface area contributed by atoms with Gasteiger partial charge in [-0.15, -0.1) is 0 Å². The molecule has 0 atom stereocenters. The number of pyridine rings is 1. The topological polar surface area (TPSA) is 59.8 Å². The first-order chi connectivity index (χ1) is 12.1. The minimum absolute atomic E-state index is 0.00189. The number of nitrogens with one attached hydrogen (secondary N) is 1. The lowest BCUT2D eigenvalue weighted by molar-refractivity contribution is 0.0951. The van der Waals surface area contributed by atoms with Gasteiger partial charge in [-0.05, 0) is 71.7 Å². The zero-order chi connectivity index (χ0) is 17.4. The van der Waals surface area contributed by atoms with Gasteiger partial charge in [-0.2, -0.15) is 5.10 Å². The monoisotopic (exact) mass is 444 g/mol. The summed E-state index contributed by atoms with van der Waals surface area (Å²) in [6.45, 7) is 2.04. The van der Waals surface area contributed by atoms with Crippen LogP contribution in [-0.4, -0.2) is 26.7 Å². The van der Waals surface area contributed by atoms with Crippen molar-refractivity contribution in [2.45, 2.75) is 25.8 Å². The van der Waals surface area contributed by atoms with Crippen molar-refractivity contribution in [2.24, 2.45) is 0 Å². The quantitative estimate of drug-likeness (QED) is 0.624. The van der Waals surface area contributed by atoms with Gasteiger partial charge in [0.25, 0.3) is 5.91 Å². The van der Waals surface area contributed by atoms with E-state index >= 15 is 0 Å². The van der Waals surface area contributed by atoms with E-state index in [9.17, 15) is 4.79 Å². The summed E-state index contributed by atoms with van der Waals surface area (Å²) in [6.07, 6.45) is 9.55. The Labute approximate surface area is 159 Å². The summed E-state index contributed by atoms with van der Waals surface area (Å²) in [6, 6.07) is 8.19. The fraction of sp³-hybridized carbons (Fsp3) is 0.211. The maximum absolute atomic E-state index is 12.3. The zero-order valence-corrected chi connectivity index (χ0v) is 15.9. The number of carbonyl (C=O) groups is 1. The van der Waals surface area contributed by atoms with E-state index in [1.807, 2.05) is 43.6 Å². The molecule has 3 aromatic rings. The normalized spacial score (nSPS) is 13.7. The number of aryl methyl sites for hydroxylation is 1. The van der Waals surface area contributed by atoms with Gasteiger partial charge in [0.05, 0.1) is 18.1 Å². The Balaban J connectivity index is 1.66. The van der Waals surface area contributed by atoms with Gasteiger partial charge >= 0.3 is 0 Å². The van der Waals surface area contributed by atoms with Crippen molar-refractivity contribution in [2.75, 3.05) is 0 Å². The molecule has 4 rings (SSSR count). The Morgan fingerprint density at radius 2 is 2.08 bits per heavy atom. The largest absolute Gasteiger partial charge is 0.349 e. The van der Waals surface area contributed by atoms with Crippen LogP contribution in [0.4, 0.5) is 0 Å². The van der Waals surface area contributed by atoms with Crippen LogP contribution >= 0.6 is 22.6 Å². The molecule has 0 spiro atoms. The molecule has 0 aliphatic heterocycles. The Morgan fingerprint density at radius 1 is 1.24 bits per heavy atom. The van der Waals surface area contributed by atoms with Gasteiger partial charge in [-0.3, -0.25) is 9.78 Å². The molecule has 0 radical (unpaired) electrons. The molecule has 1 amide bonds. The van der Waals surface area contributed by atoms with Gasteiger partial charge in [0, 0.05) is 33.1 Å². The van der Waals surface area contributed by atoms with Crippen LogP contribution in [0.15, 0.2) is 49.1 Å². The third-order valence-electron chi connectivity index (χ3n) is 4.26. The van der Waals surface area contributed by atoms with E-state index in [1.54, 1.807) is 17.1 Å². The first kappa shape index (κ1) is 16.3. The number of amides is 1. The number of hydrogen-bond donors (Lipinski definition) is 1. The van der Waals surface area contributed by atoms with E-state index in [-0.39, 0.29) is 5.91 Å². The van der Waals surface area contributed by atoms with Crippen molar-refractivity contribution < 1.29 is 4.79 Å². The molecule has 6 heteroatoms. The van der Waals surface area contributed by atoms with Crippen LogP contribution in [0.3, 0.4) is 0 Å². The fourth-order valence-corrected chi connectivity index (χ4v) is 3.18. The summed E-state index contributed by atoms with van der Waals surface area (Å²) >= 11 is 2.23. The Hall–Kier alpha value is -2.22. The van der Waals surface area contributed by atoms with Crippen LogP contribution in [0, 0.1) is 10.5 Å². The second kappa shape index (κ2) is 6.59. The number of halogens is 1. The van der Waals surface area contributed by atoms with E-state index in [2.05, 4.69) is 38.0 Å². The molecular formula is C19H17IN4O. The number of nitrogens with zero attached hydrogens (tertiary/aromatic N) is 3. The van der Waals surface area contributed by atoms with Crippen LogP contribution in [0.1, 0.15) is 28.8 Å². The van der Waals surface area contributed by atoms with Gasteiger partial charge in [-0.1, -0.05) is 6.07 Å². The molecule has 1 saturated carbocycles. The number of benzene rings is 1. The van der Waals surface area contributed by atoms with Gasteiger partial charge in [0.2, 0.25) is 0 Å². The maximum Gasteiger partial charge on any atom is 0.251 e. The smallest absolute Gasteiger partial charge is 0.251 e. The van der Waals surface area contributed by atoms with Crippen LogP contribution in [0.2, 0.25) is 0 Å². The molecule has 0 saturated heterocycles. The van der Waals surface area contributed by atoms with Crippen LogP contribution < -0.4 is 5.32 Å². The summed E-state index contributed by atoms with van der Waals surface area (Å²) < 4.78 is 2.86. The molecular weight excluding hydrogens is 427 g/mol. The van der Waals surface area contributed by atoms with Gasteiger partial charge in [0.1, 0.15) is 0 Å². The van der Waals surface area contributed by atoms with E-state index in [0.717, 1.165) is 38.8 Å². The second-order valence-electron chi connectivity index (χ2n) is 6.31. The lowest BCUT2D eigenvalue weighted by Crippen LogP contribution is -2.25. The van der Waals surface area contributed by atoms with E-state index < -0.39 is 0 Å². The molecule has 1 aromatic carbocycles. The van der Waals surface area contributed by atoms with Gasteiger partial charge in [-0.25, -0.2) is 4.68 Å². The average molecular weight is 444 g/mol. The molecule has 126 valence electrons. The maximum atomic E-state index is 12.3. The molecule has 1 aliphatic rings. The molecule has 2 heterocycles. The van der Waals surface area contributed by atoms with Crippen LogP contribution in [-0.2, 0) is 0 Å². The third-order valence-corrected chi connectivity index (χ3v) is 4.85. The van der Waals surface area contributed by atoms with Crippen molar-refractivity contribution in [3.8, 4) is 16.8 Å². The summed E-state index contributed by atoms with van der Waals surface area (Å²) in [7, 11) is 0. The summed E-state index contributed by atoms with van der Waals surface area (Å²) in [4.78, 5) is 16.5. The first-order valence-electron chi connectivity index (χ1n) is 8.17. The van der Waals surface area contributed by atoms with Crippen LogP contribution in [0.5, 0.6) is 0 Å². The van der Waals surface area contributed by atoms with E-state index in [0.29, 0.717) is 11.6 Å². The Kier molecular flexibility index (Phi) is 4.29. The van der Waals surface area contributed by atoms with E-state index in [1.165, 1.54) is 0 Å². The number of rotatable bonds is 4. The lowest BCUT2D eigenvalue weighted by atomic mass is 10.0. The average Bonchev–Trinajstić information content (AvgIpc) is 3.28. The molecule has 0 unspecified atom stereocenters. The summed E-state index contributed by atoms with van der Waals surface area (Å²) in [5.74, 6) is -0.00189. The Morgan fingerprint density at radius 3 is 2.84 bits per heavy atom. The van der Waals surface area contributed by atoms with E-state index in [4.69, 9.17) is 0 Å².